The van der Waals surface area contributed by atoms with Gasteiger partial charge >= 0.3 is 6.03 Å². The maximum absolute atomic E-state index is 12.4. The highest BCUT2D eigenvalue weighted by Gasteiger charge is 2.31. The first-order valence-electron chi connectivity index (χ1n) is 7.29. The van der Waals surface area contributed by atoms with E-state index in [0.29, 0.717) is 35.5 Å². The van der Waals surface area contributed by atoms with Crippen LogP contribution in [0.1, 0.15) is 24.4 Å². The second kappa shape index (κ2) is 6.52. The van der Waals surface area contributed by atoms with Crippen LogP contribution in [-0.2, 0) is 4.74 Å². The van der Waals surface area contributed by atoms with Crippen LogP contribution in [0.2, 0.25) is 10.0 Å². The first-order valence-corrected chi connectivity index (χ1v) is 8.04. The lowest BCUT2D eigenvalue weighted by molar-refractivity contribution is 0.0498. The van der Waals surface area contributed by atoms with Gasteiger partial charge in [0.15, 0.2) is 0 Å². The Labute approximate surface area is 139 Å². The minimum Gasteiger partial charge on any atom is -0.489 e. The number of amides is 2. The molecule has 0 spiro atoms. The molecule has 2 amide bonds. The fourth-order valence-corrected chi connectivity index (χ4v) is 3.25. The third-order valence-electron chi connectivity index (χ3n) is 4.21. The molecule has 2 aliphatic heterocycles. The van der Waals surface area contributed by atoms with Crippen molar-refractivity contribution in [2.24, 2.45) is 0 Å². The SMILES string of the molecule is COC1CCN(C(=O)N[C@@H]2COc3c2ccc(Cl)c3Cl)CC1. The van der Waals surface area contributed by atoms with Gasteiger partial charge in [-0.25, -0.2) is 4.79 Å². The second-order valence-electron chi connectivity index (χ2n) is 5.51. The van der Waals surface area contributed by atoms with Gasteiger partial charge in [-0.2, -0.15) is 0 Å². The number of carbonyl (C=O) groups excluding carboxylic acids is 1. The van der Waals surface area contributed by atoms with E-state index in [1.165, 1.54) is 0 Å². The molecule has 0 aliphatic carbocycles. The maximum Gasteiger partial charge on any atom is 0.318 e. The van der Waals surface area contributed by atoms with Gasteiger partial charge in [-0.05, 0) is 18.9 Å². The van der Waals surface area contributed by atoms with Crippen molar-refractivity contribution in [3.8, 4) is 5.75 Å². The van der Waals surface area contributed by atoms with E-state index in [1.54, 1.807) is 13.2 Å². The number of halogens is 2. The van der Waals surface area contributed by atoms with Gasteiger partial charge < -0.3 is 19.7 Å². The van der Waals surface area contributed by atoms with E-state index < -0.39 is 0 Å². The van der Waals surface area contributed by atoms with Gasteiger partial charge in [-0.15, -0.1) is 0 Å². The molecular formula is C15H18Cl2N2O3. The fourth-order valence-electron chi connectivity index (χ4n) is 2.88. The zero-order chi connectivity index (χ0) is 15.7. The summed E-state index contributed by atoms with van der Waals surface area (Å²) in [6, 6.07) is 3.29. The Morgan fingerprint density at radius 1 is 1.36 bits per heavy atom. The zero-order valence-corrected chi connectivity index (χ0v) is 13.8. The predicted octanol–water partition coefficient (Wildman–Crippen LogP) is 3.25. The van der Waals surface area contributed by atoms with Gasteiger partial charge in [0.2, 0.25) is 0 Å². The summed E-state index contributed by atoms with van der Waals surface area (Å²) >= 11 is 12.1. The number of benzene rings is 1. The van der Waals surface area contributed by atoms with Gasteiger partial charge in [0, 0.05) is 25.8 Å². The van der Waals surface area contributed by atoms with Crippen molar-refractivity contribution in [1.29, 1.82) is 0 Å². The minimum atomic E-state index is -0.197. The van der Waals surface area contributed by atoms with Crippen LogP contribution in [0.15, 0.2) is 12.1 Å². The molecular weight excluding hydrogens is 327 g/mol. The second-order valence-corrected chi connectivity index (χ2v) is 6.30. The van der Waals surface area contributed by atoms with Crippen molar-refractivity contribution >= 4 is 29.2 Å². The number of hydrogen-bond acceptors (Lipinski definition) is 3. The highest BCUT2D eigenvalue weighted by molar-refractivity contribution is 6.43. The summed E-state index contributed by atoms with van der Waals surface area (Å²) < 4.78 is 10.9. The van der Waals surface area contributed by atoms with Crippen molar-refractivity contribution in [3.63, 3.8) is 0 Å². The molecule has 2 aliphatic rings. The zero-order valence-electron chi connectivity index (χ0n) is 12.3. The number of likely N-dealkylation sites (tertiary alicyclic amines) is 1. The van der Waals surface area contributed by atoms with E-state index in [0.717, 1.165) is 18.4 Å². The predicted molar refractivity (Wildman–Crippen MR) is 84.8 cm³/mol. The molecule has 7 heteroatoms. The quantitative estimate of drug-likeness (QED) is 0.895. The summed E-state index contributed by atoms with van der Waals surface area (Å²) in [7, 11) is 1.71. The minimum absolute atomic E-state index is 0.0814. The molecule has 0 aromatic heterocycles. The van der Waals surface area contributed by atoms with Crippen molar-refractivity contribution in [1.82, 2.24) is 10.2 Å². The van der Waals surface area contributed by atoms with Crippen molar-refractivity contribution in [2.45, 2.75) is 25.0 Å². The summed E-state index contributed by atoms with van der Waals surface area (Å²) in [5, 5.41) is 3.86. The third kappa shape index (κ3) is 2.98. The van der Waals surface area contributed by atoms with Gasteiger partial charge in [-0.3, -0.25) is 0 Å². The largest absolute Gasteiger partial charge is 0.489 e. The highest BCUT2D eigenvalue weighted by atomic mass is 35.5. The molecule has 3 rings (SSSR count). The highest BCUT2D eigenvalue weighted by Crippen LogP contribution is 2.42. The molecule has 0 saturated carbocycles. The lowest BCUT2D eigenvalue weighted by Crippen LogP contribution is -2.47. The number of nitrogens with one attached hydrogen (secondary N) is 1. The number of hydrogen-bond donors (Lipinski definition) is 1. The average molecular weight is 345 g/mol. The number of ether oxygens (including phenoxy) is 2. The molecule has 0 radical (unpaired) electrons. The number of piperidine rings is 1. The lowest BCUT2D eigenvalue weighted by atomic mass is 10.1. The monoisotopic (exact) mass is 344 g/mol. The third-order valence-corrected chi connectivity index (χ3v) is 5.00. The molecule has 1 atom stereocenters. The molecule has 22 heavy (non-hydrogen) atoms. The smallest absolute Gasteiger partial charge is 0.318 e. The summed E-state index contributed by atoms with van der Waals surface area (Å²) in [5.41, 5.74) is 0.870. The van der Waals surface area contributed by atoms with E-state index in [1.807, 2.05) is 11.0 Å². The topological polar surface area (TPSA) is 50.8 Å². The summed E-state index contributed by atoms with van der Waals surface area (Å²) in [6.45, 7) is 1.77. The van der Waals surface area contributed by atoms with E-state index in [4.69, 9.17) is 32.7 Å². The maximum atomic E-state index is 12.4. The number of urea groups is 1. The first-order chi connectivity index (χ1) is 10.6. The van der Waals surface area contributed by atoms with Crippen LogP contribution in [0.25, 0.3) is 0 Å². The molecule has 1 saturated heterocycles. The van der Waals surface area contributed by atoms with Crippen LogP contribution in [0.4, 0.5) is 4.79 Å². The Morgan fingerprint density at radius 3 is 2.77 bits per heavy atom. The van der Waals surface area contributed by atoms with Gasteiger partial charge in [0.05, 0.1) is 17.2 Å². The number of fused-ring (bicyclic) bond motifs is 1. The molecule has 120 valence electrons. The van der Waals surface area contributed by atoms with E-state index >= 15 is 0 Å². The molecule has 5 nitrogen and oxygen atoms in total. The van der Waals surface area contributed by atoms with E-state index in [-0.39, 0.29) is 18.2 Å². The average Bonchev–Trinajstić information content (AvgIpc) is 2.94. The normalized spacial score (nSPS) is 21.4. The molecule has 2 heterocycles. The van der Waals surface area contributed by atoms with Crippen molar-refractivity contribution in [2.75, 3.05) is 26.8 Å². The van der Waals surface area contributed by atoms with E-state index in [9.17, 15) is 4.79 Å². The molecule has 0 unspecified atom stereocenters. The molecule has 1 aromatic carbocycles. The summed E-state index contributed by atoms with van der Waals surface area (Å²) in [4.78, 5) is 14.2. The Bertz CT molecular complexity index is 574. The summed E-state index contributed by atoms with van der Waals surface area (Å²) in [5.74, 6) is 0.567. The van der Waals surface area contributed by atoms with E-state index in [2.05, 4.69) is 5.32 Å². The number of carbonyl (C=O) groups is 1. The Morgan fingerprint density at radius 2 is 2.09 bits per heavy atom. The molecule has 0 bridgehead atoms. The van der Waals surface area contributed by atoms with Crippen LogP contribution < -0.4 is 10.1 Å². The Kier molecular flexibility index (Phi) is 4.66. The van der Waals surface area contributed by atoms with Crippen LogP contribution in [0.5, 0.6) is 5.75 Å². The van der Waals surface area contributed by atoms with Crippen LogP contribution in [0.3, 0.4) is 0 Å². The Hall–Kier alpha value is -1.17. The van der Waals surface area contributed by atoms with Gasteiger partial charge in [0.1, 0.15) is 17.4 Å². The number of rotatable bonds is 2. The first kappa shape index (κ1) is 15.7. The van der Waals surface area contributed by atoms with Crippen molar-refractivity contribution < 1.29 is 14.3 Å². The van der Waals surface area contributed by atoms with Gasteiger partial charge in [0.25, 0.3) is 0 Å². The molecule has 1 N–H and O–H groups in total. The molecule has 1 aromatic rings. The van der Waals surface area contributed by atoms with Gasteiger partial charge in [-0.1, -0.05) is 29.3 Å². The van der Waals surface area contributed by atoms with Crippen LogP contribution >= 0.6 is 23.2 Å². The lowest BCUT2D eigenvalue weighted by Gasteiger charge is -2.32. The summed E-state index contributed by atoms with van der Waals surface area (Å²) in [6.07, 6.45) is 1.98. The van der Waals surface area contributed by atoms with Crippen molar-refractivity contribution in [3.05, 3.63) is 27.7 Å². The number of methoxy groups -OCH3 is 1. The molecule has 1 fully saturated rings. The van der Waals surface area contributed by atoms with Crippen LogP contribution in [0, 0.1) is 0 Å². The Balaban J connectivity index is 1.64. The van der Waals surface area contributed by atoms with Crippen LogP contribution in [-0.4, -0.2) is 43.8 Å². The standard InChI is InChI=1S/C15H18Cl2N2O3/c1-21-9-4-6-19(7-5-9)15(20)18-12-8-22-14-10(12)2-3-11(16)13(14)17/h2-3,9,12H,4-8H2,1H3,(H,18,20)/t12-/m1/s1. The number of nitrogens with zero attached hydrogens (tertiary/aromatic N) is 1. The fraction of sp³-hybridized carbons (Fsp3) is 0.533.